The van der Waals surface area contributed by atoms with Gasteiger partial charge >= 0.3 is 0 Å². The minimum Gasteiger partial charge on any atom is -0.318 e. The standard InChI is InChI=1S/C17H16Cl2N2O/c1-9-3-5-12(7-10(9)2)21-16(15(20)17(21)22)13-6-4-11(18)8-14(13)19/h3-8,15-16H,20H2,1-2H3/t15-,16+/m1/s1. The molecule has 0 spiro atoms. The number of aryl methyl sites for hydroxylation is 2. The van der Waals surface area contributed by atoms with Gasteiger partial charge in [0.2, 0.25) is 5.91 Å². The Morgan fingerprint density at radius 2 is 1.77 bits per heavy atom. The minimum atomic E-state index is -0.583. The second-order valence-corrected chi connectivity index (χ2v) is 6.46. The Morgan fingerprint density at radius 1 is 1.05 bits per heavy atom. The fraction of sp³-hybridized carbons (Fsp3) is 0.235. The highest BCUT2D eigenvalue weighted by Gasteiger charge is 2.47. The number of benzene rings is 2. The number of nitrogens with zero attached hydrogens (tertiary/aromatic N) is 1. The third-order valence-electron chi connectivity index (χ3n) is 4.19. The van der Waals surface area contributed by atoms with Crippen molar-refractivity contribution in [2.45, 2.75) is 25.9 Å². The van der Waals surface area contributed by atoms with Crippen molar-refractivity contribution in [1.82, 2.24) is 0 Å². The van der Waals surface area contributed by atoms with Gasteiger partial charge in [0.1, 0.15) is 6.04 Å². The molecular weight excluding hydrogens is 319 g/mol. The average Bonchev–Trinajstić information content (AvgIpc) is 2.48. The summed E-state index contributed by atoms with van der Waals surface area (Å²) in [5.41, 5.74) is 9.99. The fourth-order valence-corrected chi connectivity index (χ4v) is 3.27. The van der Waals surface area contributed by atoms with Crippen LogP contribution in [-0.2, 0) is 4.79 Å². The van der Waals surface area contributed by atoms with E-state index in [0.717, 1.165) is 16.8 Å². The maximum absolute atomic E-state index is 12.3. The zero-order chi connectivity index (χ0) is 16.0. The molecule has 3 rings (SSSR count). The van der Waals surface area contributed by atoms with Crippen LogP contribution in [0.1, 0.15) is 22.7 Å². The molecule has 0 saturated carbocycles. The summed E-state index contributed by atoms with van der Waals surface area (Å²) < 4.78 is 0. The van der Waals surface area contributed by atoms with Gasteiger partial charge in [-0.1, -0.05) is 35.3 Å². The van der Waals surface area contributed by atoms with Gasteiger partial charge in [0.25, 0.3) is 0 Å². The number of halogens is 2. The van der Waals surface area contributed by atoms with Gasteiger partial charge in [-0.3, -0.25) is 4.79 Å². The normalized spacial score (nSPS) is 21.0. The van der Waals surface area contributed by atoms with Crippen molar-refractivity contribution >= 4 is 34.8 Å². The van der Waals surface area contributed by atoms with Crippen molar-refractivity contribution in [2.75, 3.05) is 4.90 Å². The largest absolute Gasteiger partial charge is 0.318 e. The van der Waals surface area contributed by atoms with E-state index in [9.17, 15) is 4.79 Å². The second-order valence-electron chi connectivity index (χ2n) is 5.61. The van der Waals surface area contributed by atoms with Crippen LogP contribution in [0.5, 0.6) is 0 Å². The smallest absolute Gasteiger partial charge is 0.247 e. The van der Waals surface area contributed by atoms with Crippen molar-refractivity contribution in [3.63, 3.8) is 0 Å². The Labute approximate surface area is 139 Å². The zero-order valence-corrected chi connectivity index (χ0v) is 13.8. The molecule has 2 aromatic rings. The van der Waals surface area contributed by atoms with Crippen molar-refractivity contribution in [3.8, 4) is 0 Å². The highest BCUT2D eigenvalue weighted by molar-refractivity contribution is 6.35. The number of nitrogens with two attached hydrogens (primary N) is 1. The van der Waals surface area contributed by atoms with Crippen LogP contribution >= 0.6 is 23.2 Å². The van der Waals surface area contributed by atoms with Gasteiger partial charge in [-0.15, -0.1) is 0 Å². The van der Waals surface area contributed by atoms with Gasteiger partial charge in [0.05, 0.1) is 6.04 Å². The number of hydrogen-bond acceptors (Lipinski definition) is 2. The third-order valence-corrected chi connectivity index (χ3v) is 4.75. The van der Waals surface area contributed by atoms with Gasteiger partial charge in [-0.2, -0.15) is 0 Å². The van der Waals surface area contributed by atoms with Crippen molar-refractivity contribution < 1.29 is 4.79 Å². The topological polar surface area (TPSA) is 46.3 Å². The van der Waals surface area contributed by atoms with Gasteiger partial charge in [0, 0.05) is 15.7 Å². The van der Waals surface area contributed by atoms with Crippen LogP contribution in [0.15, 0.2) is 36.4 Å². The van der Waals surface area contributed by atoms with E-state index >= 15 is 0 Å². The minimum absolute atomic E-state index is 0.0979. The molecule has 1 aliphatic rings. The Balaban J connectivity index is 2.02. The summed E-state index contributed by atoms with van der Waals surface area (Å²) in [6.07, 6.45) is 0. The first kappa shape index (κ1) is 15.3. The highest BCUT2D eigenvalue weighted by Crippen LogP contribution is 2.41. The van der Waals surface area contributed by atoms with Crippen LogP contribution in [0.3, 0.4) is 0 Å². The molecule has 22 heavy (non-hydrogen) atoms. The predicted molar refractivity (Wildman–Crippen MR) is 90.6 cm³/mol. The summed E-state index contributed by atoms with van der Waals surface area (Å²) in [5, 5.41) is 1.08. The molecule has 114 valence electrons. The Hall–Kier alpha value is -1.55. The van der Waals surface area contributed by atoms with Gasteiger partial charge in [0.15, 0.2) is 0 Å². The van der Waals surface area contributed by atoms with Crippen molar-refractivity contribution in [2.24, 2.45) is 5.73 Å². The van der Waals surface area contributed by atoms with Gasteiger partial charge < -0.3 is 10.6 Å². The van der Waals surface area contributed by atoms with Crippen LogP contribution in [-0.4, -0.2) is 11.9 Å². The summed E-state index contributed by atoms with van der Waals surface area (Å²) in [4.78, 5) is 14.0. The monoisotopic (exact) mass is 334 g/mol. The second kappa shape index (κ2) is 5.58. The highest BCUT2D eigenvalue weighted by atomic mass is 35.5. The SMILES string of the molecule is Cc1ccc(N2C(=O)[C@H](N)[C@@H]2c2ccc(Cl)cc2Cl)cc1C. The molecule has 3 nitrogen and oxygen atoms in total. The molecule has 0 aromatic heterocycles. The molecule has 5 heteroatoms. The Bertz CT molecular complexity index is 760. The number of rotatable bonds is 2. The molecule has 0 aliphatic carbocycles. The summed E-state index contributed by atoms with van der Waals surface area (Å²) in [5.74, 6) is -0.0979. The van der Waals surface area contributed by atoms with Crippen LogP contribution in [0.4, 0.5) is 5.69 Å². The number of carbonyl (C=O) groups excluding carboxylic acids is 1. The maximum Gasteiger partial charge on any atom is 0.247 e. The van der Waals surface area contributed by atoms with Crippen LogP contribution in [0, 0.1) is 13.8 Å². The lowest BCUT2D eigenvalue weighted by Gasteiger charge is -2.46. The van der Waals surface area contributed by atoms with E-state index < -0.39 is 6.04 Å². The zero-order valence-electron chi connectivity index (χ0n) is 12.3. The first-order valence-corrected chi connectivity index (χ1v) is 7.76. The van der Waals surface area contributed by atoms with Crippen LogP contribution in [0.2, 0.25) is 10.0 Å². The van der Waals surface area contributed by atoms with E-state index in [-0.39, 0.29) is 11.9 Å². The molecule has 0 unspecified atom stereocenters. The Kier molecular flexibility index (Phi) is 3.89. The van der Waals surface area contributed by atoms with E-state index in [2.05, 4.69) is 0 Å². The van der Waals surface area contributed by atoms with E-state index in [1.165, 1.54) is 5.56 Å². The number of carbonyl (C=O) groups is 1. The number of anilines is 1. The Morgan fingerprint density at radius 3 is 2.41 bits per heavy atom. The van der Waals surface area contributed by atoms with Crippen LogP contribution in [0.25, 0.3) is 0 Å². The lowest BCUT2D eigenvalue weighted by molar-refractivity contribution is -0.126. The molecule has 1 amide bonds. The first-order valence-electron chi connectivity index (χ1n) is 7.01. The van der Waals surface area contributed by atoms with E-state index in [1.807, 2.05) is 38.1 Å². The molecule has 2 atom stereocenters. The summed E-state index contributed by atoms with van der Waals surface area (Å²) in [6.45, 7) is 4.06. The van der Waals surface area contributed by atoms with E-state index in [0.29, 0.717) is 10.0 Å². The molecular formula is C17H16Cl2N2O. The fourth-order valence-electron chi connectivity index (χ4n) is 2.75. The van der Waals surface area contributed by atoms with E-state index in [1.54, 1.807) is 17.0 Å². The number of amides is 1. The molecule has 2 aromatic carbocycles. The van der Waals surface area contributed by atoms with Crippen LogP contribution < -0.4 is 10.6 Å². The van der Waals surface area contributed by atoms with Crippen molar-refractivity contribution in [1.29, 1.82) is 0 Å². The maximum atomic E-state index is 12.3. The number of hydrogen-bond donors (Lipinski definition) is 1. The molecule has 1 fully saturated rings. The molecule has 2 N–H and O–H groups in total. The summed E-state index contributed by atoms with van der Waals surface area (Å²) >= 11 is 12.2. The average molecular weight is 335 g/mol. The first-order chi connectivity index (χ1) is 10.4. The van der Waals surface area contributed by atoms with Gasteiger partial charge in [-0.05, 0) is 54.8 Å². The third kappa shape index (κ3) is 2.39. The summed E-state index contributed by atoms with van der Waals surface area (Å²) in [6, 6.07) is 10.3. The van der Waals surface area contributed by atoms with Crippen molar-refractivity contribution in [3.05, 3.63) is 63.1 Å². The lowest BCUT2D eigenvalue weighted by Crippen LogP contribution is -2.63. The quantitative estimate of drug-likeness (QED) is 0.843. The summed E-state index contributed by atoms with van der Waals surface area (Å²) in [7, 11) is 0. The molecule has 0 bridgehead atoms. The predicted octanol–water partition coefficient (Wildman–Crippen LogP) is 4.03. The van der Waals surface area contributed by atoms with Gasteiger partial charge in [-0.25, -0.2) is 0 Å². The lowest BCUT2D eigenvalue weighted by atomic mass is 9.88. The molecule has 1 aliphatic heterocycles. The van der Waals surface area contributed by atoms with E-state index in [4.69, 9.17) is 28.9 Å². The molecule has 1 heterocycles. The molecule has 1 saturated heterocycles. The molecule has 0 radical (unpaired) electrons. The number of β-lactam (4-membered cyclic amide) rings is 1.